The number of aromatic amines is 1. The van der Waals surface area contributed by atoms with Crippen LogP contribution in [-0.2, 0) is 4.79 Å². The van der Waals surface area contributed by atoms with Crippen molar-refractivity contribution < 1.29 is 9.59 Å². The first-order valence-corrected chi connectivity index (χ1v) is 7.04. The van der Waals surface area contributed by atoms with E-state index in [4.69, 9.17) is 5.73 Å². The van der Waals surface area contributed by atoms with Gasteiger partial charge in [-0.1, -0.05) is 0 Å². The molecule has 0 fully saturated rings. The van der Waals surface area contributed by atoms with Crippen molar-refractivity contribution in [2.45, 2.75) is 20.3 Å². The summed E-state index contributed by atoms with van der Waals surface area (Å²) in [7, 11) is 0. The van der Waals surface area contributed by atoms with Crippen molar-refractivity contribution >= 4 is 41.1 Å². The summed E-state index contributed by atoms with van der Waals surface area (Å²) < 4.78 is 0. The maximum absolute atomic E-state index is 12.1. The van der Waals surface area contributed by atoms with Crippen molar-refractivity contribution in [3.8, 4) is 0 Å². The molecule has 5 N–H and O–H groups in total. The minimum absolute atomic E-state index is 0.0880. The highest BCUT2D eigenvalue weighted by Gasteiger charge is 2.19. The predicted molar refractivity (Wildman–Crippen MR) is 87.1 cm³/mol. The second kappa shape index (κ2) is 6.38. The van der Waals surface area contributed by atoms with Crippen molar-refractivity contribution in [3.05, 3.63) is 11.6 Å². The van der Waals surface area contributed by atoms with E-state index in [-0.39, 0.29) is 29.4 Å². The molecule has 1 aliphatic rings. The molecule has 13 heteroatoms. The maximum atomic E-state index is 12.1. The summed E-state index contributed by atoms with van der Waals surface area (Å²) in [6.45, 7) is 3.40. The molecule has 0 bridgehead atoms. The summed E-state index contributed by atoms with van der Waals surface area (Å²) in [6.07, 6.45) is 0.334. The van der Waals surface area contributed by atoms with Gasteiger partial charge in [0.05, 0.1) is 0 Å². The van der Waals surface area contributed by atoms with E-state index in [0.29, 0.717) is 12.2 Å². The topological polar surface area (TPSA) is 189 Å². The van der Waals surface area contributed by atoms with Gasteiger partial charge in [0.2, 0.25) is 23.7 Å². The lowest BCUT2D eigenvalue weighted by Crippen LogP contribution is -2.25. The predicted octanol–water partition coefficient (Wildman–Crippen LogP) is -0.708. The fraction of sp³-hybridized carbons (Fsp3) is 0.250. The summed E-state index contributed by atoms with van der Waals surface area (Å²) in [5.41, 5.74) is 6.51. The summed E-state index contributed by atoms with van der Waals surface area (Å²) in [5.74, 6) is -1.25. The van der Waals surface area contributed by atoms with E-state index >= 15 is 0 Å². The molecule has 0 aromatic carbocycles. The maximum Gasteiger partial charge on any atom is 0.297 e. The second-order valence-electron chi connectivity index (χ2n) is 5.05. The minimum Gasteiger partial charge on any atom is -0.368 e. The van der Waals surface area contributed by atoms with Gasteiger partial charge in [0.1, 0.15) is 11.5 Å². The van der Waals surface area contributed by atoms with E-state index in [1.54, 1.807) is 13.8 Å². The lowest BCUT2D eigenvalue weighted by atomic mass is 10.2. The summed E-state index contributed by atoms with van der Waals surface area (Å²) in [5, 5.41) is 18.6. The molecule has 2 aromatic heterocycles. The Morgan fingerprint density at radius 3 is 2.24 bits per heavy atom. The van der Waals surface area contributed by atoms with Gasteiger partial charge in [-0.15, -0.1) is 10.2 Å². The SMILES string of the molecule is CC1=NN=C(C(=O)Nc2nc(N)nc(NC(=O)c3n[nH]c(C)n3)n2)C1. The van der Waals surface area contributed by atoms with Crippen LogP contribution >= 0.6 is 0 Å². The molecule has 0 unspecified atom stereocenters. The van der Waals surface area contributed by atoms with Crippen LogP contribution in [0.4, 0.5) is 17.8 Å². The standard InChI is InChI=1S/C12H13N11O2/c1-4-3-6(22-20-4)8(24)15-11-17-10(13)18-12(19-11)16-9(25)7-14-5(2)21-23-7/h3H2,1-2H3,(H,14,21,23)(H4,13,15,16,17,18,19,24,25). The first-order valence-electron chi connectivity index (χ1n) is 7.04. The van der Waals surface area contributed by atoms with E-state index < -0.39 is 11.8 Å². The third-order valence-electron chi connectivity index (χ3n) is 2.93. The van der Waals surface area contributed by atoms with Crippen LogP contribution in [0.5, 0.6) is 0 Å². The van der Waals surface area contributed by atoms with Crippen LogP contribution in [0.15, 0.2) is 10.2 Å². The fourth-order valence-electron chi connectivity index (χ4n) is 1.86. The summed E-state index contributed by atoms with van der Waals surface area (Å²) in [6, 6.07) is 0. The highest BCUT2D eigenvalue weighted by molar-refractivity contribution is 6.46. The largest absolute Gasteiger partial charge is 0.368 e. The number of nitrogens with zero attached hydrogens (tertiary/aromatic N) is 7. The monoisotopic (exact) mass is 343 g/mol. The van der Waals surface area contributed by atoms with Crippen LogP contribution in [0.1, 0.15) is 29.8 Å². The molecule has 0 radical (unpaired) electrons. The minimum atomic E-state index is -0.642. The number of nitrogens with two attached hydrogens (primary N) is 1. The van der Waals surface area contributed by atoms with E-state index in [9.17, 15) is 9.59 Å². The lowest BCUT2D eigenvalue weighted by molar-refractivity contribution is -0.110. The van der Waals surface area contributed by atoms with E-state index in [0.717, 1.165) is 5.71 Å². The quantitative estimate of drug-likeness (QED) is 0.559. The number of rotatable bonds is 4. The van der Waals surface area contributed by atoms with E-state index in [1.807, 2.05) is 0 Å². The Bertz CT molecular complexity index is 914. The number of H-pyrrole nitrogens is 1. The number of aryl methyl sites for hydroxylation is 1. The van der Waals surface area contributed by atoms with Gasteiger partial charge in [0.15, 0.2) is 0 Å². The number of nitrogen functional groups attached to an aromatic ring is 1. The Kier molecular flexibility index (Phi) is 4.11. The number of carbonyl (C=O) groups excluding carboxylic acids is 2. The van der Waals surface area contributed by atoms with Crippen LogP contribution in [-0.4, -0.2) is 53.4 Å². The van der Waals surface area contributed by atoms with Crippen LogP contribution in [0.25, 0.3) is 0 Å². The van der Waals surface area contributed by atoms with Gasteiger partial charge in [-0.2, -0.15) is 20.1 Å². The number of hydrogen-bond acceptors (Lipinski definition) is 10. The second-order valence-corrected chi connectivity index (χ2v) is 5.05. The zero-order valence-corrected chi connectivity index (χ0v) is 13.2. The average molecular weight is 343 g/mol. The van der Waals surface area contributed by atoms with Crippen molar-refractivity contribution in [2.24, 2.45) is 10.2 Å². The first kappa shape index (κ1) is 16.1. The number of nitrogens with one attached hydrogen (secondary N) is 3. The van der Waals surface area contributed by atoms with Gasteiger partial charge >= 0.3 is 0 Å². The Labute approximate surface area is 140 Å². The normalized spacial score (nSPS) is 13.2. The molecular formula is C12H13N11O2. The molecule has 0 aliphatic carbocycles. The Balaban J connectivity index is 1.72. The number of aromatic nitrogens is 6. The van der Waals surface area contributed by atoms with Gasteiger partial charge in [0, 0.05) is 12.1 Å². The average Bonchev–Trinajstić information content (AvgIpc) is 3.15. The Morgan fingerprint density at radius 1 is 1.00 bits per heavy atom. The van der Waals surface area contributed by atoms with Gasteiger partial charge in [-0.25, -0.2) is 4.98 Å². The van der Waals surface area contributed by atoms with Crippen LogP contribution in [0, 0.1) is 6.92 Å². The van der Waals surface area contributed by atoms with Crippen molar-refractivity contribution in [2.75, 3.05) is 16.4 Å². The molecule has 3 rings (SSSR count). The number of hydrogen-bond donors (Lipinski definition) is 4. The molecule has 0 atom stereocenters. The first-order chi connectivity index (χ1) is 11.9. The number of carbonyl (C=O) groups is 2. The zero-order chi connectivity index (χ0) is 18.0. The highest BCUT2D eigenvalue weighted by atomic mass is 16.2. The van der Waals surface area contributed by atoms with Crippen LogP contribution in [0.2, 0.25) is 0 Å². The summed E-state index contributed by atoms with van der Waals surface area (Å²) >= 11 is 0. The Hall–Kier alpha value is -3.77. The molecule has 3 heterocycles. The van der Waals surface area contributed by atoms with Gasteiger partial charge in [0.25, 0.3) is 11.8 Å². The Morgan fingerprint density at radius 2 is 1.68 bits per heavy atom. The molecule has 25 heavy (non-hydrogen) atoms. The third-order valence-corrected chi connectivity index (χ3v) is 2.93. The highest BCUT2D eigenvalue weighted by Crippen LogP contribution is 2.09. The number of anilines is 3. The van der Waals surface area contributed by atoms with Gasteiger partial charge < -0.3 is 5.73 Å². The van der Waals surface area contributed by atoms with Gasteiger partial charge in [-0.05, 0) is 13.8 Å². The van der Waals surface area contributed by atoms with Crippen molar-refractivity contribution in [1.82, 2.24) is 30.1 Å². The molecule has 0 saturated carbocycles. The molecule has 0 saturated heterocycles. The third kappa shape index (κ3) is 3.77. The van der Waals surface area contributed by atoms with Crippen LogP contribution < -0.4 is 16.4 Å². The van der Waals surface area contributed by atoms with E-state index in [2.05, 4.69) is 51.0 Å². The smallest absolute Gasteiger partial charge is 0.297 e. The molecule has 0 spiro atoms. The lowest BCUT2D eigenvalue weighted by Gasteiger charge is -2.06. The summed E-state index contributed by atoms with van der Waals surface area (Å²) in [4.78, 5) is 39.4. The molecule has 2 amide bonds. The number of amides is 2. The van der Waals surface area contributed by atoms with Crippen molar-refractivity contribution in [1.29, 1.82) is 0 Å². The zero-order valence-electron chi connectivity index (χ0n) is 13.2. The molecule has 1 aliphatic heterocycles. The molecular weight excluding hydrogens is 330 g/mol. The van der Waals surface area contributed by atoms with Gasteiger partial charge in [-0.3, -0.25) is 25.3 Å². The fourth-order valence-corrected chi connectivity index (χ4v) is 1.86. The molecule has 128 valence electrons. The van der Waals surface area contributed by atoms with Crippen LogP contribution in [0.3, 0.4) is 0 Å². The van der Waals surface area contributed by atoms with E-state index in [1.165, 1.54) is 0 Å². The molecule has 13 nitrogen and oxygen atoms in total. The van der Waals surface area contributed by atoms with Crippen molar-refractivity contribution in [3.63, 3.8) is 0 Å². The molecule has 2 aromatic rings.